The minimum Gasteiger partial charge on any atom is -0.356 e. The van der Waals surface area contributed by atoms with Gasteiger partial charge in [0.05, 0.1) is 5.39 Å². The second-order valence-corrected chi connectivity index (χ2v) is 7.14. The summed E-state index contributed by atoms with van der Waals surface area (Å²) in [5.41, 5.74) is 0.868. The molecular formula is C16H20N6O2S. The number of aromatic amines is 1. The molecule has 0 spiro atoms. The van der Waals surface area contributed by atoms with Gasteiger partial charge in [0.15, 0.2) is 0 Å². The zero-order chi connectivity index (χ0) is 18.0. The molecule has 3 aromatic rings. The molecule has 8 nitrogen and oxygen atoms in total. The quantitative estimate of drug-likeness (QED) is 0.683. The van der Waals surface area contributed by atoms with Crippen molar-refractivity contribution >= 4 is 27.5 Å². The highest BCUT2D eigenvalue weighted by atomic mass is 32.1. The van der Waals surface area contributed by atoms with E-state index in [0.717, 1.165) is 21.1 Å². The van der Waals surface area contributed by atoms with Crippen LogP contribution in [0.25, 0.3) is 10.2 Å². The maximum absolute atomic E-state index is 12.2. The lowest BCUT2D eigenvalue weighted by atomic mass is 10.2. The van der Waals surface area contributed by atoms with Crippen molar-refractivity contribution in [3.05, 3.63) is 38.8 Å². The largest absolute Gasteiger partial charge is 0.356 e. The van der Waals surface area contributed by atoms with Crippen LogP contribution in [-0.2, 0) is 24.7 Å². The Labute approximate surface area is 148 Å². The first kappa shape index (κ1) is 17.3. The van der Waals surface area contributed by atoms with E-state index in [4.69, 9.17) is 0 Å². The Balaban J connectivity index is 1.55. The second-order valence-electron chi connectivity index (χ2n) is 5.93. The predicted octanol–water partition coefficient (Wildman–Crippen LogP) is 1.02. The molecule has 2 N–H and O–H groups in total. The van der Waals surface area contributed by atoms with Crippen LogP contribution in [0.2, 0.25) is 0 Å². The van der Waals surface area contributed by atoms with Crippen molar-refractivity contribution in [2.75, 3.05) is 6.54 Å². The standard InChI is InChI=1S/C16H20N6O2S/c1-9-10(2)25-16-14(9)15(24)19-11(20-16)6-7-17-13(23)5-4-12-21-18-8-22(12)3/h8H,4-7H2,1-3H3,(H,17,23)(H,19,20,24). The van der Waals surface area contributed by atoms with Gasteiger partial charge in [-0.3, -0.25) is 9.59 Å². The first-order valence-corrected chi connectivity index (χ1v) is 8.86. The van der Waals surface area contributed by atoms with Gasteiger partial charge in [-0.1, -0.05) is 0 Å². The summed E-state index contributed by atoms with van der Waals surface area (Å²) in [5, 5.41) is 11.2. The third kappa shape index (κ3) is 3.76. The second kappa shape index (κ2) is 7.14. The smallest absolute Gasteiger partial charge is 0.259 e. The molecule has 0 aromatic carbocycles. The number of nitrogens with zero attached hydrogens (tertiary/aromatic N) is 4. The molecule has 0 atom stereocenters. The number of H-pyrrole nitrogens is 1. The van der Waals surface area contributed by atoms with Gasteiger partial charge < -0.3 is 14.9 Å². The van der Waals surface area contributed by atoms with Gasteiger partial charge >= 0.3 is 0 Å². The maximum Gasteiger partial charge on any atom is 0.259 e. The van der Waals surface area contributed by atoms with Gasteiger partial charge in [0.2, 0.25) is 5.91 Å². The number of fused-ring (bicyclic) bond motifs is 1. The van der Waals surface area contributed by atoms with E-state index in [1.807, 2.05) is 20.9 Å². The van der Waals surface area contributed by atoms with Crippen molar-refractivity contribution in [1.82, 2.24) is 30.0 Å². The summed E-state index contributed by atoms with van der Waals surface area (Å²) >= 11 is 1.52. The van der Waals surface area contributed by atoms with Crippen molar-refractivity contribution < 1.29 is 4.79 Å². The molecule has 1 amide bonds. The molecule has 0 aliphatic heterocycles. The summed E-state index contributed by atoms with van der Waals surface area (Å²) in [6.45, 7) is 4.34. The Morgan fingerprint density at radius 2 is 2.16 bits per heavy atom. The van der Waals surface area contributed by atoms with E-state index < -0.39 is 0 Å². The van der Waals surface area contributed by atoms with E-state index in [-0.39, 0.29) is 11.5 Å². The Morgan fingerprint density at radius 1 is 1.36 bits per heavy atom. The third-order valence-corrected chi connectivity index (χ3v) is 5.25. The molecule has 0 unspecified atom stereocenters. The van der Waals surface area contributed by atoms with E-state index >= 15 is 0 Å². The molecule has 3 rings (SSSR count). The van der Waals surface area contributed by atoms with Crippen LogP contribution in [0.3, 0.4) is 0 Å². The number of thiophene rings is 1. The number of aryl methyl sites for hydroxylation is 4. The van der Waals surface area contributed by atoms with Gasteiger partial charge in [0.1, 0.15) is 22.8 Å². The van der Waals surface area contributed by atoms with Gasteiger partial charge in [0, 0.05) is 37.7 Å². The SMILES string of the molecule is Cc1sc2nc(CCNC(=O)CCc3nncn3C)[nH]c(=O)c2c1C. The molecule has 0 saturated heterocycles. The van der Waals surface area contributed by atoms with Crippen molar-refractivity contribution in [3.8, 4) is 0 Å². The average molecular weight is 360 g/mol. The fourth-order valence-electron chi connectivity index (χ4n) is 2.59. The van der Waals surface area contributed by atoms with E-state index in [0.29, 0.717) is 37.0 Å². The lowest BCUT2D eigenvalue weighted by Crippen LogP contribution is -2.27. The lowest BCUT2D eigenvalue weighted by molar-refractivity contribution is -0.121. The first-order valence-electron chi connectivity index (χ1n) is 8.04. The third-order valence-electron chi connectivity index (χ3n) is 4.15. The average Bonchev–Trinajstić information content (AvgIpc) is 3.09. The summed E-state index contributed by atoms with van der Waals surface area (Å²) in [6, 6.07) is 0. The van der Waals surface area contributed by atoms with Crippen molar-refractivity contribution in [3.63, 3.8) is 0 Å². The number of hydrogen-bond donors (Lipinski definition) is 2. The number of carbonyl (C=O) groups excluding carboxylic acids is 1. The topological polar surface area (TPSA) is 106 Å². The Morgan fingerprint density at radius 3 is 2.88 bits per heavy atom. The van der Waals surface area contributed by atoms with Crippen molar-refractivity contribution in [2.45, 2.75) is 33.1 Å². The summed E-state index contributed by atoms with van der Waals surface area (Å²) < 4.78 is 1.79. The molecule has 3 aromatic heterocycles. The Hall–Kier alpha value is -2.55. The minimum absolute atomic E-state index is 0.0609. The monoisotopic (exact) mass is 360 g/mol. The van der Waals surface area contributed by atoms with E-state index in [2.05, 4.69) is 25.5 Å². The van der Waals surface area contributed by atoms with E-state index in [1.54, 1.807) is 10.9 Å². The molecule has 0 aliphatic rings. The summed E-state index contributed by atoms with van der Waals surface area (Å²) in [4.78, 5) is 33.3. The fraction of sp³-hybridized carbons (Fsp3) is 0.438. The number of rotatable bonds is 6. The molecule has 3 heterocycles. The minimum atomic E-state index is -0.115. The number of carbonyl (C=O) groups is 1. The van der Waals surface area contributed by atoms with Crippen LogP contribution < -0.4 is 10.9 Å². The van der Waals surface area contributed by atoms with E-state index in [1.165, 1.54) is 11.3 Å². The van der Waals surface area contributed by atoms with Crippen LogP contribution in [0.1, 0.15) is 28.5 Å². The van der Waals surface area contributed by atoms with Gasteiger partial charge in [-0.15, -0.1) is 21.5 Å². The molecule has 132 valence electrons. The highest BCUT2D eigenvalue weighted by Crippen LogP contribution is 2.25. The lowest BCUT2D eigenvalue weighted by Gasteiger charge is -2.05. The van der Waals surface area contributed by atoms with Gasteiger partial charge in [0.25, 0.3) is 5.56 Å². The highest BCUT2D eigenvalue weighted by Gasteiger charge is 2.12. The molecule has 0 radical (unpaired) electrons. The summed E-state index contributed by atoms with van der Waals surface area (Å²) in [6.07, 6.45) is 2.98. The zero-order valence-corrected chi connectivity index (χ0v) is 15.2. The van der Waals surface area contributed by atoms with Gasteiger partial charge in [-0.2, -0.15) is 0 Å². The molecular weight excluding hydrogens is 340 g/mol. The molecule has 9 heteroatoms. The van der Waals surface area contributed by atoms with Gasteiger partial charge in [-0.05, 0) is 19.4 Å². The van der Waals surface area contributed by atoms with Crippen LogP contribution in [-0.4, -0.2) is 37.2 Å². The molecule has 0 fully saturated rings. The molecule has 0 saturated carbocycles. The number of nitrogens with one attached hydrogen (secondary N) is 2. The summed E-state index contributed by atoms with van der Waals surface area (Å²) in [7, 11) is 1.85. The summed E-state index contributed by atoms with van der Waals surface area (Å²) in [5.74, 6) is 1.30. The van der Waals surface area contributed by atoms with Crippen LogP contribution in [0.4, 0.5) is 0 Å². The van der Waals surface area contributed by atoms with E-state index in [9.17, 15) is 9.59 Å². The predicted molar refractivity (Wildman–Crippen MR) is 95.8 cm³/mol. The van der Waals surface area contributed by atoms with Crippen LogP contribution in [0.5, 0.6) is 0 Å². The Bertz CT molecular complexity index is 971. The van der Waals surface area contributed by atoms with Crippen molar-refractivity contribution in [1.29, 1.82) is 0 Å². The van der Waals surface area contributed by atoms with Crippen LogP contribution in [0.15, 0.2) is 11.1 Å². The number of aromatic nitrogens is 5. The first-order chi connectivity index (χ1) is 12.0. The normalized spacial score (nSPS) is 11.2. The van der Waals surface area contributed by atoms with Gasteiger partial charge in [-0.25, -0.2) is 4.98 Å². The molecule has 25 heavy (non-hydrogen) atoms. The van der Waals surface area contributed by atoms with Crippen LogP contribution >= 0.6 is 11.3 Å². The fourth-order valence-corrected chi connectivity index (χ4v) is 3.63. The zero-order valence-electron chi connectivity index (χ0n) is 14.4. The Kier molecular flexibility index (Phi) is 4.93. The molecule has 0 bridgehead atoms. The number of amides is 1. The highest BCUT2D eigenvalue weighted by molar-refractivity contribution is 7.18. The molecule has 0 aliphatic carbocycles. The van der Waals surface area contributed by atoms with Crippen molar-refractivity contribution in [2.24, 2.45) is 7.05 Å². The van der Waals surface area contributed by atoms with Crippen LogP contribution in [0, 0.1) is 13.8 Å². The number of hydrogen-bond acceptors (Lipinski definition) is 6. The maximum atomic E-state index is 12.2.